The van der Waals surface area contributed by atoms with Crippen LogP contribution in [0.25, 0.3) is 0 Å². The van der Waals surface area contributed by atoms with Gasteiger partial charge in [0.1, 0.15) is 0 Å². The zero-order valence-corrected chi connectivity index (χ0v) is 12.7. The van der Waals surface area contributed by atoms with Gasteiger partial charge >= 0.3 is 0 Å². The molecule has 1 unspecified atom stereocenters. The van der Waals surface area contributed by atoms with Crippen molar-refractivity contribution in [1.29, 1.82) is 0 Å². The van der Waals surface area contributed by atoms with Crippen molar-refractivity contribution in [1.82, 2.24) is 15.5 Å². The van der Waals surface area contributed by atoms with Gasteiger partial charge in [-0.3, -0.25) is 0 Å². The Labute approximate surface area is 118 Å². The van der Waals surface area contributed by atoms with Crippen molar-refractivity contribution in [3.63, 3.8) is 0 Å². The molecule has 0 aliphatic rings. The summed E-state index contributed by atoms with van der Waals surface area (Å²) in [4.78, 5) is 5.73. The van der Waals surface area contributed by atoms with Crippen molar-refractivity contribution in [2.75, 3.05) is 0 Å². The molecule has 19 heavy (non-hydrogen) atoms. The van der Waals surface area contributed by atoms with E-state index in [-0.39, 0.29) is 0 Å². The first kappa shape index (κ1) is 14.2. The minimum absolute atomic E-state index is 0.302. The van der Waals surface area contributed by atoms with Crippen LogP contribution in [0.4, 0.5) is 0 Å². The van der Waals surface area contributed by atoms with Crippen molar-refractivity contribution < 1.29 is 4.52 Å². The highest BCUT2D eigenvalue weighted by molar-refractivity contribution is 7.10. The largest absolute Gasteiger partial charge is 0.338 e. The van der Waals surface area contributed by atoms with E-state index < -0.39 is 0 Å². The Bertz CT molecular complexity index is 491. The van der Waals surface area contributed by atoms with E-state index in [1.807, 2.05) is 0 Å². The maximum absolute atomic E-state index is 5.25. The number of nitrogens with zero attached hydrogens (tertiary/aromatic N) is 2. The van der Waals surface area contributed by atoms with E-state index >= 15 is 0 Å². The van der Waals surface area contributed by atoms with Crippen molar-refractivity contribution in [2.24, 2.45) is 5.92 Å². The normalized spacial score (nSPS) is 13.4. The zero-order valence-electron chi connectivity index (χ0n) is 11.9. The molecule has 0 aliphatic carbocycles. The molecular formula is C14H21N3OS. The highest BCUT2D eigenvalue weighted by atomic mass is 32.1. The lowest BCUT2D eigenvalue weighted by atomic mass is 10.0. The quantitative estimate of drug-likeness (QED) is 0.875. The summed E-state index contributed by atoms with van der Waals surface area (Å²) in [7, 11) is 0. The highest BCUT2D eigenvalue weighted by Crippen LogP contribution is 2.26. The van der Waals surface area contributed by atoms with Gasteiger partial charge in [0.2, 0.25) is 5.89 Å². The van der Waals surface area contributed by atoms with Crippen LogP contribution in [0.3, 0.4) is 0 Å². The number of hydrogen-bond acceptors (Lipinski definition) is 5. The summed E-state index contributed by atoms with van der Waals surface area (Å²) < 4.78 is 5.25. The molecule has 0 spiro atoms. The third-order valence-electron chi connectivity index (χ3n) is 2.99. The standard InChI is InChI=1S/C14H21N3OS/c1-9(2)13(11-6-5-7-19-11)15-8-12-16-14(10(3)4)17-18-12/h5-7,9-10,13,15H,8H2,1-4H3. The fraction of sp³-hybridized carbons (Fsp3) is 0.571. The molecule has 2 heterocycles. The average molecular weight is 279 g/mol. The molecule has 0 aromatic carbocycles. The summed E-state index contributed by atoms with van der Waals surface area (Å²) >= 11 is 1.78. The molecule has 0 aliphatic heterocycles. The highest BCUT2D eigenvalue weighted by Gasteiger charge is 2.18. The van der Waals surface area contributed by atoms with Crippen molar-refractivity contribution in [3.8, 4) is 0 Å². The lowest BCUT2D eigenvalue weighted by Crippen LogP contribution is -2.24. The van der Waals surface area contributed by atoms with Crippen LogP contribution in [0.5, 0.6) is 0 Å². The predicted octanol–water partition coefficient (Wildman–Crippen LogP) is 3.74. The minimum Gasteiger partial charge on any atom is -0.338 e. The fourth-order valence-corrected chi connectivity index (χ4v) is 2.88. The molecule has 0 bridgehead atoms. The van der Waals surface area contributed by atoms with Crippen LogP contribution in [0.2, 0.25) is 0 Å². The Balaban J connectivity index is 1.99. The Hall–Kier alpha value is -1.20. The number of hydrogen-bond donors (Lipinski definition) is 1. The molecule has 104 valence electrons. The monoisotopic (exact) mass is 279 g/mol. The van der Waals surface area contributed by atoms with E-state index in [0.717, 1.165) is 5.82 Å². The summed E-state index contributed by atoms with van der Waals surface area (Å²) in [5, 5.41) is 9.59. The predicted molar refractivity (Wildman–Crippen MR) is 77.1 cm³/mol. The first-order valence-electron chi connectivity index (χ1n) is 6.67. The first-order chi connectivity index (χ1) is 9.08. The summed E-state index contributed by atoms with van der Waals surface area (Å²) in [5.74, 6) is 2.25. The Kier molecular flexibility index (Phi) is 4.71. The minimum atomic E-state index is 0.302. The van der Waals surface area contributed by atoms with Gasteiger partial charge in [-0.2, -0.15) is 4.98 Å². The number of rotatable bonds is 6. The first-order valence-corrected chi connectivity index (χ1v) is 7.55. The van der Waals surface area contributed by atoms with Gasteiger partial charge in [-0.25, -0.2) is 0 Å². The van der Waals surface area contributed by atoms with Gasteiger partial charge in [-0.15, -0.1) is 11.3 Å². The number of thiophene rings is 1. The topological polar surface area (TPSA) is 51.0 Å². The van der Waals surface area contributed by atoms with E-state index in [2.05, 4.69) is 60.7 Å². The van der Waals surface area contributed by atoms with E-state index in [1.165, 1.54) is 4.88 Å². The van der Waals surface area contributed by atoms with Gasteiger partial charge in [-0.1, -0.05) is 38.9 Å². The van der Waals surface area contributed by atoms with Crippen LogP contribution < -0.4 is 5.32 Å². The summed E-state index contributed by atoms with van der Waals surface area (Å²) in [6, 6.07) is 4.57. The molecule has 1 N–H and O–H groups in total. The molecule has 2 aromatic rings. The van der Waals surface area contributed by atoms with Crippen LogP contribution in [-0.4, -0.2) is 10.1 Å². The average Bonchev–Trinajstić information content (AvgIpc) is 2.98. The van der Waals surface area contributed by atoms with E-state index in [9.17, 15) is 0 Å². The molecule has 0 saturated carbocycles. The van der Waals surface area contributed by atoms with E-state index in [1.54, 1.807) is 11.3 Å². The van der Waals surface area contributed by atoms with Gasteiger partial charge in [0, 0.05) is 16.8 Å². The molecule has 0 fully saturated rings. The second-order valence-corrected chi connectivity index (χ2v) is 6.30. The Morgan fingerprint density at radius 3 is 2.63 bits per heavy atom. The Morgan fingerprint density at radius 2 is 2.11 bits per heavy atom. The van der Waals surface area contributed by atoms with Crippen LogP contribution >= 0.6 is 11.3 Å². The molecule has 0 saturated heterocycles. The third kappa shape index (κ3) is 3.64. The lowest BCUT2D eigenvalue weighted by molar-refractivity contribution is 0.336. The summed E-state index contributed by atoms with van der Waals surface area (Å²) in [6.07, 6.45) is 0. The smallest absolute Gasteiger partial charge is 0.240 e. The van der Waals surface area contributed by atoms with Crippen LogP contribution in [0.1, 0.15) is 56.2 Å². The molecule has 5 heteroatoms. The van der Waals surface area contributed by atoms with Crippen molar-refractivity contribution >= 4 is 11.3 Å². The Morgan fingerprint density at radius 1 is 1.32 bits per heavy atom. The van der Waals surface area contributed by atoms with Gasteiger partial charge in [-0.05, 0) is 17.4 Å². The molecule has 4 nitrogen and oxygen atoms in total. The second-order valence-electron chi connectivity index (χ2n) is 5.32. The SMILES string of the molecule is CC(C)c1noc(CNC(c2cccs2)C(C)C)n1. The van der Waals surface area contributed by atoms with Gasteiger partial charge < -0.3 is 9.84 Å². The fourth-order valence-electron chi connectivity index (χ4n) is 1.90. The maximum Gasteiger partial charge on any atom is 0.240 e. The molecule has 2 rings (SSSR count). The number of aromatic nitrogens is 2. The van der Waals surface area contributed by atoms with Crippen LogP contribution in [-0.2, 0) is 6.54 Å². The van der Waals surface area contributed by atoms with E-state index in [0.29, 0.717) is 30.3 Å². The van der Waals surface area contributed by atoms with Gasteiger partial charge in [0.15, 0.2) is 5.82 Å². The van der Waals surface area contributed by atoms with Crippen LogP contribution in [0, 0.1) is 5.92 Å². The van der Waals surface area contributed by atoms with E-state index in [4.69, 9.17) is 4.52 Å². The zero-order chi connectivity index (χ0) is 13.8. The molecule has 1 atom stereocenters. The van der Waals surface area contributed by atoms with Crippen molar-refractivity contribution in [2.45, 2.75) is 46.2 Å². The molecule has 2 aromatic heterocycles. The number of nitrogens with one attached hydrogen (secondary N) is 1. The van der Waals surface area contributed by atoms with Gasteiger partial charge in [0.05, 0.1) is 6.54 Å². The lowest BCUT2D eigenvalue weighted by Gasteiger charge is -2.20. The van der Waals surface area contributed by atoms with Crippen molar-refractivity contribution in [3.05, 3.63) is 34.1 Å². The van der Waals surface area contributed by atoms with Crippen LogP contribution in [0.15, 0.2) is 22.0 Å². The second kappa shape index (κ2) is 6.30. The summed E-state index contributed by atoms with van der Waals surface area (Å²) in [6.45, 7) is 9.16. The molecule has 0 amide bonds. The summed E-state index contributed by atoms with van der Waals surface area (Å²) in [5.41, 5.74) is 0. The maximum atomic E-state index is 5.25. The van der Waals surface area contributed by atoms with Gasteiger partial charge in [0.25, 0.3) is 0 Å². The molecule has 0 radical (unpaired) electrons. The third-order valence-corrected chi connectivity index (χ3v) is 3.95. The molecular weight excluding hydrogens is 258 g/mol.